The Bertz CT molecular complexity index is 2190. The van der Waals surface area contributed by atoms with Crippen LogP contribution in [0.3, 0.4) is 0 Å². The lowest BCUT2D eigenvalue weighted by atomic mass is 10.1. The van der Waals surface area contributed by atoms with Gasteiger partial charge in [0.25, 0.3) is 17.7 Å². The summed E-state index contributed by atoms with van der Waals surface area (Å²) in [6.07, 6.45) is 3.09. The summed E-state index contributed by atoms with van der Waals surface area (Å²) in [4.78, 5) is 40.9. The molecule has 9 N–H and O–H groups in total. The minimum absolute atomic E-state index is 0.0959. The number of H-pyrrole nitrogens is 1. The zero-order valence-corrected chi connectivity index (χ0v) is 29.0. The number of hydrogen-bond donors (Lipinski definition) is 7. The molecule has 16 nitrogen and oxygen atoms in total. The standard InChI is InChI=1S/C16H17Cl2N5O2.C15H12F2N6O3S/c17-10-2-1-3-11(18)13(10)15(24)22-12-8-20-23-14(12)16(25)21-9-4-6-19-7-5-9;16-10-2-1-3-11(17)12(10)13(24)23-14(18)21-15(22-23)20-8-4-6-9(7-5-8)27(19,25)26/h1-3,8-9,19H,4-7H2,(H,20,23)(H,21,25)(H,22,24);1-7H,(H2,19,25,26)(H3,18,20,21,22). The summed E-state index contributed by atoms with van der Waals surface area (Å²) in [6, 6.07) is 13.1. The number of piperidine rings is 1. The zero-order chi connectivity index (χ0) is 37.6. The topological polar surface area (TPSA) is 245 Å². The van der Waals surface area contributed by atoms with Crippen LogP contribution in [0.2, 0.25) is 10.0 Å². The SMILES string of the molecule is Nc1nc(Nc2ccc(S(N)(=O)=O)cc2)nn1C(=O)c1c(F)cccc1F.O=C(NC1CCNCC1)c1[nH]ncc1NC(=O)c1c(Cl)cccc1Cl. The van der Waals surface area contributed by atoms with Gasteiger partial charge < -0.3 is 27.0 Å². The fourth-order valence-electron chi connectivity index (χ4n) is 4.87. The van der Waals surface area contributed by atoms with Crippen molar-refractivity contribution in [3.63, 3.8) is 0 Å². The van der Waals surface area contributed by atoms with E-state index >= 15 is 0 Å². The fourth-order valence-corrected chi connectivity index (χ4v) is 5.95. The molecule has 0 aliphatic carbocycles. The molecule has 272 valence electrons. The number of nitrogens with zero attached hydrogens (tertiary/aromatic N) is 4. The van der Waals surface area contributed by atoms with Gasteiger partial charge in [-0.2, -0.15) is 14.8 Å². The van der Waals surface area contributed by atoms with E-state index in [2.05, 4.69) is 41.5 Å². The van der Waals surface area contributed by atoms with Crippen molar-refractivity contribution in [1.29, 1.82) is 0 Å². The molecule has 0 unspecified atom stereocenters. The molecule has 1 fully saturated rings. The van der Waals surface area contributed by atoms with Crippen LogP contribution >= 0.6 is 23.2 Å². The van der Waals surface area contributed by atoms with Crippen LogP contribution in [0.4, 0.5) is 32.1 Å². The van der Waals surface area contributed by atoms with Crippen molar-refractivity contribution in [3.8, 4) is 0 Å². The van der Waals surface area contributed by atoms with Gasteiger partial charge in [0.15, 0.2) is 0 Å². The van der Waals surface area contributed by atoms with E-state index in [-0.39, 0.29) is 49.8 Å². The maximum atomic E-state index is 13.8. The smallest absolute Gasteiger partial charge is 0.287 e. The Morgan fingerprint density at radius 1 is 0.904 bits per heavy atom. The normalized spacial score (nSPS) is 13.1. The first-order valence-electron chi connectivity index (χ1n) is 15.1. The average molecular weight is 777 g/mol. The van der Waals surface area contributed by atoms with Crippen molar-refractivity contribution in [3.05, 3.63) is 105 Å². The van der Waals surface area contributed by atoms with Gasteiger partial charge in [-0.25, -0.2) is 22.3 Å². The molecular weight excluding hydrogens is 747 g/mol. The Balaban J connectivity index is 0.000000202. The van der Waals surface area contributed by atoms with Crippen LogP contribution in [0.5, 0.6) is 0 Å². The maximum Gasteiger partial charge on any atom is 0.287 e. The molecule has 6 rings (SSSR count). The molecule has 0 spiro atoms. The van der Waals surface area contributed by atoms with E-state index < -0.39 is 45.0 Å². The summed E-state index contributed by atoms with van der Waals surface area (Å²) in [5.74, 6) is -4.62. The van der Waals surface area contributed by atoms with Gasteiger partial charge in [-0.3, -0.25) is 19.5 Å². The molecule has 2 aromatic heterocycles. The third-order valence-electron chi connectivity index (χ3n) is 7.42. The summed E-state index contributed by atoms with van der Waals surface area (Å²) in [6.45, 7) is 1.73. The fraction of sp³-hybridized carbons (Fsp3) is 0.161. The summed E-state index contributed by atoms with van der Waals surface area (Å²) >= 11 is 12.1. The highest BCUT2D eigenvalue weighted by molar-refractivity contribution is 7.89. The summed E-state index contributed by atoms with van der Waals surface area (Å²) in [5.41, 5.74) is 5.76. The van der Waals surface area contributed by atoms with E-state index in [9.17, 15) is 31.6 Å². The Kier molecular flexibility index (Phi) is 11.8. The van der Waals surface area contributed by atoms with Crippen LogP contribution < -0.4 is 32.1 Å². The lowest BCUT2D eigenvalue weighted by molar-refractivity contribution is 0.0921. The zero-order valence-electron chi connectivity index (χ0n) is 26.7. The number of nitrogen functional groups attached to an aromatic ring is 1. The van der Waals surface area contributed by atoms with E-state index in [1.807, 2.05) is 0 Å². The van der Waals surface area contributed by atoms with Gasteiger partial charge in [-0.05, 0) is 74.5 Å². The highest BCUT2D eigenvalue weighted by atomic mass is 35.5. The second kappa shape index (κ2) is 16.3. The number of aromatic amines is 1. The second-order valence-corrected chi connectivity index (χ2v) is 13.4. The molecule has 0 atom stereocenters. The van der Waals surface area contributed by atoms with Gasteiger partial charge in [-0.15, -0.1) is 5.10 Å². The number of nitrogens with one attached hydrogen (secondary N) is 5. The van der Waals surface area contributed by atoms with Gasteiger partial charge >= 0.3 is 0 Å². The van der Waals surface area contributed by atoms with E-state index in [1.165, 1.54) is 30.5 Å². The van der Waals surface area contributed by atoms with Crippen LogP contribution in [0, 0.1) is 11.6 Å². The van der Waals surface area contributed by atoms with Crippen molar-refractivity contribution in [2.75, 3.05) is 29.5 Å². The van der Waals surface area contributed by atoms with Crippen molar-refractivity contribution in [2.45, 2.75) is 23.8 Å². The van der Waals surface area contributed by atoms with E-state index in [1.54, 1.807) is 18.2 Å². The van der Waals surface area contributed by atoms with Gasteiger partial charge in [0, 0.05) is 11.7 Å². The molecule has 21 heteroatoms. The largest absolute Gasteiger partial charge is 0.368 e. The number of primary sulfonamides is 1. The molecule has 2 amide bonds. The quantitative estimate of drug-likeness (QED) is 0.120. The lowest BCUT2D eigenvalue weighted by Crippen LogP contribution is -2.43. The molecule has 3 aromatic carbocycles. The summed E-state index contributed by atoms with van der Waals surface area (Å²) in [5, 5.41) is 27.2. The minimum atomic E-state index is -3.84. The van der Waals surface area contributed by atoms with Crippen molar-refractivity contribution in [1.82, 2.24) is 35.6 Å². The number of anilines is 4. The number of benzene rings is 3. The molecular formula is C31H29Cl2F2N11O5S. The monoisotopic (exact) mass is 775 g/mol. The van der Waals surface area contributed by atoms with E-state index in [0.29, 0.717) is 10.4 Å². The minimum Gasteiger partial charge on any atom is -0.368 e. The predicted octanol–water partition coefficient (Wildman–Crippen LogP) is 3.67. The Morgan fingerprint density at radius 3 is 2.13 bits per heavy atom. The molecule has 0 radical (unpaired) electrons. The van der Waals surface area contributed by atoms with Gasteiger partial charge in [0.1, 0.15) is 22.9 Å². The lowest BCUT2D eigenvalue weighted by Gasteiger charge is -2.23. The Morgan fingerprint density at radius 2 is 1.52 bits per heavy atom. The number of hydrogen-bond acceptors (Lipinski definition) is 11. The number of carbonyl (C=O) groups is 3. The number of sulfonamides is 1. The molecule has 1 aliphatic heterocycles. The molecule has 5 aromatic rings. The molecule has 1 aliphatic rings. The highest BCUT2D eigenvalue weighted by Gasteiger charge is 2.24. The van der Waals surface area contributed by atoms with E-state index in [0.717, 1.165) is 44.1 Å². The van der Waals surface area contributed by atoms with Crippen LogP contribution in [0.15, 0.2) is 71.8 Å². The van der Waals surface area contributed by atoms with E-state index in [4.69, 9.17) is 34.1 Å². The van der Waals surface area contributed by atoms with Crippen molar-refractivity contribution < 1.29 is 31.6 Å². The van der Waals surface area contributed by atoms with Crippen molar-refractivity contribution >= 4 is 74.2 Å². The van der Waals surface area contributed by atoms with Crippen LogP contribution in [-0.2, 0) is 10.0 Å². The number of carbonyl (C=O) groups excluding carboxylic acids is 3. The average Bonchev–Trinajstić information content (AvgIpc) is 3.71. The first kappa shape index (κ1) is 37.8. The van der Waals surface area contributed by atoms with Crippen LogP contribution in [0.1, 0.15) is 44.0 Å². The number of rotatable bonds is 8. The maximum absolute atomic E-state index is 13.8. The molecule has 1 saturated heterocycles. The predicted molar refractivity (Wildman–Crippen MR) is 188 cm³/mol. The molecule has 0 saturated carbocycles. The molecule has 52 heavy (non-hydrogen) atoms. The summed E-state index contributed by atoms with van der Waals surface area (Å²) < 4.78 is 50.5. The number of aromatic nitrogens is 5. The van der Waals surface area contributed by atoms with Gasteiger partial charge in [0.2, 0.25) is 21.9 Å². The third-order valence-corrected chi connectivity index (χ3v) is 8.98. The first-order valence-corrected chi connectivity index (χ1v) is 17.4. The number of nitrogens with two attached hydrogens (primary N) is 2. The number of halogens is 4. The second-order valence-electron chi connectivity index (χ2n) is 11.0. The first-order chi connectivity index (χ1) is 24.7. The molecule has 3 heterocycles. The summed E-state index contributed by atoms with van der Waals surface area (Å²) in [7, 11) is -3.84. The third kappa shape index (κ3) is 9.06. The van der Waals surface area contributed by atoms with Crippen LogP contribution in [-0.4, -0.2) is 70.2 Å². The van der Waals surface area contributed by atoms with Crippen molar-refractivity contribution in [2.24, 2.45) is 5.14 Å². The number of amides is 2. The van der Waals surface area contributed by atoms with Crippen LogP contribution in [0.25, 0.3) is 0 Å². The Hall–Kier alpha value is -5.47. The van der Waals surface area contributed by atoms with Gasteiger partial charge in [0.05, 0.1) is 32.4 Å². The van der Waals surface area contributed by atoms with Gasteiger partial charge in [-0.1, -0.05) is 35.3 Å². The highest BCUT2D eigenvalue weighted by Crippen LogP contribution is 2.26. The Labute approximate surface area is 304 Å². The molecule has 0 bridgehead atoms.